The molecule has 1 atom stereocenters. The summed E-state index contributed by atoms with van der Waals surface area (Å²) in [4.78, 5) is 25.8. The molecule has 2 N–H and O–H groups in total. The Labute approximate surface area is 154 Å². The second kappa shape index (κ2) is 10.9. The van der Waals surface area contributed by atoms with Crippen LogP contribution in [0.5, 0.6) is 5.75 Å². The number of hydrogen-bond donors (Lipinski definition) is 2. The molecule has 1 saturated heterocycles. The quantitative estimate of drug-likeness (QED) is 0.754. The van der Waals surface area contributed by atoms with Crippen molar-refractivity contribution in [2.45, 2.75) is 20.0 Å². The van der Waals surface area contributed by atoms with E-state index in [-0.39, 0.29) is 30.8 Å². The van der Waals surface area contributed by atoms with Gasteiger partial charge in [0.05, 0.1) is 6.61 Å². The zero-order valence-corrected chi connectivity index (χ0v) is 15.4. The smallest absolute Gasteiger partial charge is 0.260 e. The predicted octanol–water partition coefficient (Wildman–Crippen LogP) is 1.28. The molecule has 8 heteroatoms. The minimum atomic E-state index is -0.493. The van der Waals surface area contributed by atoms with Gasteiger partial charge in [0.15, 0.2) is 6.61 Å². The molecule has 1 fully saturated rings. The SMILES string of the molecule is CCN(CC)C(=O)COc1cccc(NC(=O)C2CNCCO2)c1.Cl. The molecule has 0 bridgehead atoms. The van der Waals surface area contributed by atoms with E-state index in [2.05, 4.69) is 10.6 Å². The lowest BCUT2D eigenvalue weighted by molar-refractivity contribution is -0.133. The van der Waals surface area contributed by atoms with Crippen molar-refractivity contribution in [1.29, 1.82) is 0 Å². The van der Waals surface area contributed by atoms with Crippen LogP contribution in [0.25, 0.3) is 0 Å². The van der Waals surface area contributed by atoms with E-state index < -0.39 is 6.10 Å². The number of likely N-dealkylation sites (N-methyl/N-ethyl adjacent to an activating group) is 1. The average molecular weight is 372 g/mol. The second-order valence-electron chi connectivity index (χ2n) is 5.44. The largest absolute Gasteiger partial charge is 0.484 e. The molecular formula is C17H26ClN3O4. The van der Waals surface area contributed by atoms with Crippen LogP contribution in [0.4, 0.5) is 5.69 Å². The molecule has 2 amide bonds. The first kappa shape index (κ1) is 21.2. The second-order valence-corrected chi connectivity index (χ2v) is 5.44. The molecule has 7 nitrogen and oxygen atoms in total. The summed E-state index contributed by atoms with van der Waals surface area (Å²) in [5.41, 5.74) is 0.613. The summed E-state index contributed by atoms with van der Waals surface area (Å²) in [7, 11) is 0. The molecule has 2 rings (SSSR count). The standard InChI is InChI=1S/C17H25N3O4.ClH/c1-3-20(4-2)16(21)12-24-14-7-5-6-13(10-14)19-17(22)15-11-18-8-9-23-15;/h5-7,10,15,18H,3-4,8-9,11-12H2,1-2H3,(H,19,22);1H. The molecule has 1 aromatic carbocycles. The summed E-state index contributed by atoms with van der Waals surface area (Å²) in [5, 5.41) is 5.92. The molecular weight excluding hydrogens is 346 g/mol. The molecule has 0 aromatic heterocycles. The molecule has 0 saturated carbocycles. The van der Waals surface area contributed by atoms with Crippen LogP contribution in [0.15, 0.2) is 24.3 Å². The Morgan fingerprint density at radius 1 is 1.36 bits per heavy atom. The van der Waals surface area contributed by atoms with Gasteiger partial charge < -0.3 is 25.0 Å². The highest BCUT2D eigenvalue weighted by atomic mass is 35.5. The molecule has 140 valence electrons. The molecule has 1 aliphatic rings. The summed E-state index contributed by atoms with van der Waals surface area (Å²) < 4.78 is 11.0. The minimum absolute atomic E-state index is 0. The first-order valence-electron chi connectivity index (χ1n) is 8.27. The van der Waals surface area contributed by atoms with Crippen LogP contribution < -0.4 is 15.4 Å². The Balaban J connectivity index is 0.00000312. The number of amides is 2. The van der Waals surface area contributed by atoms with E-state index in [4.69, 9.17) is 9.47 Å². The number of anilines is 1. The topological polar surface area (TPSA) is 79.9 Å². The molecule has 1 aromatic rings. The highest BCUT2D eigenvalue weighted by Gasteiger charge is 2.21. The van der Waals surface area contributed by atoms with Crippen molar-refractivity contribution in [2.75, 3.05) is 44.7 Å². The summed E-state index contributed by atoms with van der Waals surface area (Å²) in [6.07, 6.45) is -0.493. The highest BCUT2D eigenvalue weighted by Crippen LogP contribution is 2.18. The van der Waals surface area contributed by atoms with Gasteiger partial charge in [0.25, 0.3) is 11.8 Å². The van der Waals surface area contributed by atoms with Crippen molar-refractivity contribution in [3.05, 3.63) is 24.3 Å². The number of carbonyl (C=O) groups is 2. The van der Waals surface area contributed by atoms with Gasteiger partial charge in [0.1, 0.15) is 11.9 Å². The van der Waals surface area contributed by atoms with Crippen molar-refractivity contribution < 1.29 is 19.1 Å². The van der Waals surface area contributed by atoms with Gasteiger partial charge >= 0.3 is 0 Å². The molecule has 25 heavy (non-hydrogen) atoms. The van der Waals surface area contributed by atoms with Gasteiger partial charge in [-0.25, -0.2) is 0 Å². The lowest BCUT2D eigenvalue weighted by Gasteiger charge is -2.22. The maximum Gasteiger partial charge on any atom is 0.260 e. The number of halogens is 1. The molecule has 1 heterocycles. The van der Waals surface area contributed by atoms with Crippen molar-refractivity contribution in [3.63, 3.8) is 0 Å². The lowest BCUT2D eigenvalue weighted by atomic mass is 10.2. The number of carbonyl (C=O) groups excluding carboxylic acids is 2. The Hall–Kier alpha value is -1.83. The van der Waals surface area contributed by atoms with Gasteiger partial charge in [-0.2, -0.15) is 0 Å². The zero-order chi connectivity index (χ0) is 17.4. The van der Waals surface area contributed by atoms with Gasteiger partial charge in [0, 0.05) is 37.9 Å². The summed E-state index contributed by atoms with van der Waals surface area (Å²) in [6.45, 7) is 6.94. The fraction of sp³-hybridized carbons (Fsp3) is 0.529. The number of benzene rings is 1. The van der Waals surface area contributed by atoms with E-state index in [1.54, 1.807) is 29.2 Å². The molecule has 1 aliphatic heterocycles. The van der Waals surface area contributed by atoms with E-state index in [1.165, 1.54) is 0 Å². The third kappa shape index (κ3) is 6.53. The van der Waals surface area contributed by atoms with Gasteiger partial charge in [-0.05, 0) is 26.0 Å². The molecule has 1 unspecified atom stereocenters. The fourth-order valence-electron chi connectivity index (χ4n) is 2.43. The Morgan fingerprint density at radius 3 is 2.76 bits per heavy atom. The average Bonchev–Trinajstić information content (AvgIpc) is 2.62. The van der Waals surface area contributed by atoms with Crippen molar-refractivity contribution in [2.24, 2.45) is 0 Å². The summed E-state index contributed by atoms with van der Waals surface area (Å²) in [5.74, 6) is 0.283. The first-order chi connectivity index (χ1) is 11.6. The van der Waals surface area contributed by atoms with E-state index in [1.807, 2.05) is 13.8 Å². The summed E-state index contributed by atoms with van der Waals surface area (Å²) in [6, 6.07) is 6.99. The Bertz CT molecular complexity index is 561. The molecule has 0 aliphatic carbocycles. The third-order valence-electron chi connectivity index (χ3n) is 3.80. The van der Waals surface area contributed by atoms with Crippen molar-refractivity contribution in [1.82, 2.24) is 10.2 Å². The van der Waals surface area contributed by atoms with Gasteiger partial charge in [-0.1, -0.05) is 6.07 Å². The van der Waals surface area contributed by atoms with Crippen LogP contribution in [-0.4, -0.2) is 62.2 Å². The third-order valence-corrected chi connectivity index (χ3v) is 3.80. The minimum Gasteiger partial charge on any atom is -0.484 e. The Morgan fingerprint density at radius 2 is 2.12 bits per heavy atom. The number of hydrogen-bond acceptors (Lipinski definition) is 5. The van der Waals surface area contributed by atoms with Gasteiger partial charge in [-0.15, -0.1) is 12.4 Å². The van der Waals surface area contributed by atoms with Crippen LogP contribution in [-0.2, 0) is 14.3 Å². The summed E-state index contributed by atoms with van der Waals surface area (Å²) >= 11 is 0. The first-order valence-corrected chi connectivity index (χ1v) is 8.27. The lowest BCUT2D eigenvalue weighted by Crippen LogP contribution is -2.45. The van der Waals surface area contributed by atoms with Crippen molar-refractivity contribution in [3.8, 4) is 5.75 Å². The fourth-order valence-corrected chi connectivity index (χ4v) is 2.43. The van der Waals surface area contributed by atoms with Crippen LogP contribution in [0.2, 0.25) is 0 Å². The number of ether oxygens (including phenoxy) is 2. The maximum atomic E-state index is 12.1. The van der Waals surface area contributed by atoms with E-state index in [0.717, 1.165) is 6.54 Å². The monoisotopic (exact) mass is 371 g/mol. The van der Waals surface area contributed by atoms with E-state index in [9.17, 15) is 9.59 Å². The number of morpholine rings is 1. The maximum absolute atomic E-state index is 12.1. The van der Waals surface area contributed by atoms with Gasteiger partial charge in [0.2, 0.25) is 0 Å². The zero-order valence-electron chi connectivity index (χ0n) is 14.6. The molecule has 0 spiro atoms. The number of rotatable bonds is 7. The number of nitrogens with one attached hydrogen (secondary N) is 2. The normalized spacial score (nSPS) is 16.5. The van der Waals surface area contributed by atoms with Crippen LogP contribution in [0.1, 0.15) is 13.8 Å². The number of nitrogens with zero attached hydrogens (tertiary/aromatic N) is 1. The van der Waals surface area contributed by atoms with Crippen LogP contribution in [0.3, 0.4) is 0 Å². The van der Waals surface area contributed by atoms with Gasteiger partial charge in [-0.3, -0.25) is 9.59 Å². The Kier molecular flexibility index (Phi) is 9.26. The van der Waals surface area contributed by atoms with Crippen molar-refractivity contribution >= 4 is 29.9 Å². The predicted molar refractivity (Wildman–Crippen MR) is 98.4 cm³/mol. The van der Waals surface area contributed by atoms with Crippen LogP contribution >= 0.6 is 12.4 Å². The van der Waals surface area contributed by atoms with Crippen LogP contribution in [0, 0.1) is 0 Å². The van der Waals surface area contributed by atoms with E-state index in [0.29, 0.717) is 37.7 Å². The van der Waals surface area contributed by atoms with E-state index >= 15 is 0 Å². The highest BCUT2D eigenvalue weighted by molar-refractivity contribution is 5.94. The molecule has 0 radical (unpaired) electrons.